The number of aromatic nitrogens is 3. The van der Waals surface area contributed by atoms with Gasteiger partial charge in [-0.25, -0.2) is 9.48 Å². The normalized spacial score (nSPS) is 28.9. The Bertz CT molecular complexity index is 1240. The fourth-order valence-electron chi connectivity index (χ4n) is 7.54. The van der Waals surface area contributed by atoms with Gasteiger partial charge in [-0.2, -0.15) is 14.9 Å². The van der Waals surface area contributed by atoms with Gasteiger partial charge < -0.3 is 9.64 Å². The molecule has 1 amide bonds. The van der Waals surface area contributed by atoms with E-state index in [1.807, 2.05) is 34.5 Å². The van der Waals surface area contributed by atoms with Crippen LogP contribution in [-0.4, -0.2) is 69.4 Å². The van der Waals surface area contributed by atoms with E-state index in [1.165, 1.54) is 19.3 Å². The van der Waals surface area contributed by atoms with E-state index >= 15 is 0 Å². The van der Waals surface area contributed by atoms with E-state index in [9.17, 15) is 4.79 Å². The number of carbonyl (C=O) groups excluding carboxylic acids is 1. The van der Waals surface area contributed by atoms with Crippen molar-refractivity contribution < 1.29 is 9.53 Å². The lowest BCUT2D eigenvalue weighted by Crippen LogP contribution is -2.50. The van der Waals surface area contributed by atoms with Crippen molar-refractivity contribution in [3.05, 3.63) is 44.4 Å². The van der Waals surface area contributed by atoms with E-state index in [0.717, 1.165) is 55.9 Å². The lowest BCUT2D eigenvalue weighted by molar-refractivity contribution is -0.0112. The molecule has 0 radical (unpaired) electrons. The van der Waals surface area contributed by atoms with Crippen LogP contribution in [0.15, 0.2) is 23.3 Å². The second-order valence-corrected chi connectivity index (χ2v) is 12.6. The van der Waals surface area contributed by atoms with Crippen molar-refractivity contribution in [2.75, 3.05) is 32.8 Å². The van der Waals surface area contributed by atoms with Crippen LogP contribution >= 0.6 is 35.4 Å². The fraction of sp³-hybridized carbons (Fsp3) is 0.630. The smallest absolute Gasteiger partial charge is 0.409 e. The van der Waals surface area contributed by atoms with Crippen molar-refractivity contribution in [3.8, 4) is 0 Å². The summed E-state index contributed by atoms with van der Waals surface area (Å²) < 4.78 is 9.52. The van der Waals surface area contributed by atoms with E-state index in [0.29, 0.717) is 46.7 Å². The summed E-state index contributed by atoms with van der Waals surface area (Å²) in [5.74, 6) is 3.29. The van der Waals surface area contributed by atoms with Gasteiger partial charge in [0, 0.05) is 37.2 Å². The summed E-state index contributed by atoms with van der Waals surface area (Å²) >= 11 is 18.9. The van der Waals surface area contributed by atoms with Crippen LogP contribution in [0.5, 0.6) is 0 Å². The molecule has 1 saturated heterocycles. The molecule has 11 heteroatoms. The Balaban J connectivity index is 1.31. The molecule has 1 aromatic carbocycles. The molecular weight excluding hydrogens is 543 g/mol. The van der Waals surface area contributed by atoms with Crippen LogP contribution in [0.1, 0.15) is 56.8 Å². The van der Waals surface area contributed by atoms with Gasteiger partial charge in [-0.15, -0.1) is 0 Å². The number of rotatable bonds is 6. The second kappa shape index (κ2) is 10.6. The highest BCUT2D eigenvalue weighted by Crippen LogP contribution is 2.60. The second-order valence-electron chi connectivity index (χ2n) is 11.4. The molecule has 5 aliphatic rings. The van der Waals surface area contributed by atoms with Crippen molar-refractivity contribution in [2.24, 2.45) is 22.9 Å². The quantitative estimate of drug-likeness (QED) is 0.321. The van der Waals surface area contributed by atoms with Gasteiger partial charge in [-0.3, -0.25) is 4.90 Å². The van der Waals surface area contributed by atoms with Gasteiger partial charge in [0.25, 0.3) is 0 Å². The third-order valence-corrected chi connectivity index (χ3v) is 9.91. The molecule has 2 heterocycles. The van der Waals surface area contributed by atoms with Crippen molar-refractivity contribution in [2.45, 2.75) is 57.5 Å². The van der Waals surface area contributed by atoms with Gasteiger partial charge in [0.05, 0.1) is 29.5 Å². The summed E-state index contributed by atoms with van der Waals surface area (Å²) in [6.07, 6.45) is 9.00. The Morgan fingerprint density at radius 1 is 1.11 bits per heavy atom. The zero-order valence-corrected chi connectivity index (χ0v) is 24.0. The van der Waals surface area contributed by atoms with Crippen molar-refractivity contribution in [1.29, 1.82) is 0 Å². The largest absolute Gasteiger partial charge is 0.450 e. The first-order valence-corrected chi connectivity index (χ1v) is 14.8. The maximum absolute atomic E-state index is 12.1. The van der Waals surface area contributed by atoms with E-state index in [4.69, 9.17) is 50.4 Å². The number of hydrogen-bond acceptors (Lipinski definition) is 6. The lowest BCUT2D eigenvalue weighted by Gasteiger charge is -2.55. The number of carbonyl (C=O) groups is 1. The topological polar surface area (TPSA) is 67.9 Å². The molecule has 4 bridgehead atoms. The van der Waals surface area contributed by atoms with E-state index in [2.05, 4.69) is 4.90 Å². The molecule has 4 aliphatic carbocycles. The number of ether oxygens (including phenoxy) is 1. The first kappa shape index (κ1) is 26.3. The molecule has 38 heavy (non-hydrogen) atoms. The van der Waals surface area contributed by atoms with Gasteiger partial charge in [-0.05, 0) is 87.6 Å². The van der Waals surface area contributed by atoms with E-state index in [1.54, 1.807) is 11.1 Å². The predicted octanol–water partition coefficient (Wildman–Crippen LogP) is 5.80. The summed E-state index contributed by atoms with van der Waals surface area (Å²) in [6.45, 7) is 5.49. The van der Waals surface area contributed by atoms with Crippen LogP contribution in [0.25, 0.3) is 0 Å². The molecule has 0 spiro atoms. The van der Waals surface area contributed by atoms with Gasteiger partial charge in [0.1, 0.15) is 0 Å². The summed E-state index contributed by atoms with van der Waals surface area (Å²) in [4.78, 5) is 16.2. The minimum absolute atomic E-state index is 0.0117. The van der Waals surface area contributed by atoms with Crippen LogP contribution < -0.4 is 0 Å². The molecule has 1 aliphatic heterocycles. The Kier molecular flexibility index (Phi) is 7.31. The zero-order valence-electron chi connectivity index (χ0n) is 21.7. The average molecular weight is 578 g/mol. The molecule has 4 saturated carbocycles. The molecule has 0 unspecified atom stereocenters. The predicted molar refractivity (Wildman–Crippen MR) is 151 cm³/mol. The first-order chi connectivity index (χ1) is 18.3. The average Bonchev–Trinajstić information content (AvgIpc) is 3.19. The summed E-state index contributed by atoms with van der Waals surface area (Å²) in [5, 5.41) is 11.2. The van der Waals surface area contributed by atoms with Gasteiger partial charge in [0.2, 0.25) is 4.77 Å². The standard InChI is InChI=1S/C27H34Cl2N6O2S/c1-2-37-26(36)33-8-6-32(7-9-33)17-34-25(38)35(30-16-21-22(28)4-3-5-23(21)29)24(31-34)27-13-18-10-19(14-27)12-20(11-18)15-27/h3-5,16,18-20H,2,6-15,17H2,1H3/b30-16+. The monoisotopic (exact) mass is 576 g/mol. The molecule has 5 fully saturated rings. The zero-order chi connectivity index (χ0) is 26.4. The number of hydrogen-bond donors (Lipinski definition) is 0. The molecular formula is C27H34Cl2N6O2S. The third kappa shape index (κ3) is 4.91. The van der Waals surface area contributed by atoms with Gasteiger partial charge in [0.15, 0.2) is 5.82 Å². The fourth-order valence-corrected chi connectivity index (χ4v) is 8.26. The number of nitrogens with zero attached hydrogens (tertiary/aromatic N) is 6. The summed E-state index contributed by atoms with van der Waals surface area (Å²) in [5.41, 5.74) is 0.689. The molecule has 2 aromatic rings. The number of piperazine rings is 1. The highest BCUT2D eigenvalue weighted by Gasteiger charge is 2.54. The van der Waals surface area contributed by atoms with Gasteiger partial charge in [-0.1, -0.05) is 29.3 Å². The number of amides is 1. The van der Waals surface area contributed by atoms with Crippen LogP contribution in [0, 0.1) is 22.5 Å². The molecule has 1 aromatic heterocycles. The minimum atomic E-state index is -0.246. The Hall–Kier alpha value is -1.94. The lowest BCUT2D eigenvalue weighted by atomic mass is 9.49. The first-order valence-electron chi connectivity index (χ1n) is 13.7. The SMILES string of the molecule is CCOC(=O)N1CCN(Cn2nc(C34CC5CC(CC(C5)C3)C4)n(/N=C/c3c(Cl)cccc3Cl)c2=S)CC1. The Morgan fingerprint density at radius 3 is 2.29 bits per heavy atom. The van der Waals surface area contributed by atoms with E-state index < -0.39 is 0 Å². The maximum Gasteiger partial charge on any atom is 0.409 e. The summed E-state index contributed by atoms with van der Waals surface area (Å²) in [7, 11) is 0. The summed E-state index contributed by atoms with van der Waals surface area (Å²) in [6, 6.07) is 5.45. The molecule has 7 rings (SSSR count). The molecule has 0 atom stereocenters. The van der Waals surface area contributed by atoms with E-state index in [-0.39, 0.29) is 11.5 Å². The Morgan fingerprint density at radius 2 is 1.71 bits per heavy atom. The third-order valence-electron chi connectivity index (χ3n) is 8.86. The van der Waals surface area contributed by atoms with Crippen LogP contribution in [0.4, 0.5) is 4.79 Å². The number of halogens is 2. The maximum atomic E-state index is 12.1. The minimum Gasteiger partial charge on any atom is -0.450 e. The molecule has 8 nitrogen and oxygen atoms in total. The molecule has 0 N–H and O–H groups in total. The van der Waals surface area contributed by atoms with Crippen LogP contribution in [0.2, 0.25) is 10.0 Å². The highest BCUT2D eigenvalue weighted by atomic mass is 35.5. The van der Waals surface area contributed by atoms with Gasteiger partial charge >= 0.3 is 6.09 Å². The van der Waals surface area contributed by atoms with Crippen LogP contribution in [-0.2, 0) is 16.8 Å². The van der Waals surface area contributed by atoms with Crippen molar-refractivity contribution in [1.82, 2.24) is 24.3 Å². The number of benzene rings is 1. The highest BCUT2D eigenvalue weighted by molar-refractivity contribution is 7.71. The van der Waals surface area contributed by atoms with Crippen molar-refractivity contribution >= 4 is 47.7 Å². The van der Waals surface area contributed by atoms with Crippen LogP contribution in [0.3, 0.4) is 0 Å². The van der Waals surface area contributed by atoms with Crippen molar-refractivity contribution in [3.63, 3.8) is 0 Å². The molecule has 204 valence electrons. The Labute approximate surface area is 238 Å².